The van der Waals surface area contributed by atoms with Gasteiger partial charge in [-0.1, -0.05) is 12.8 Å². The number of nitrogens with zero attached hydrogens (tertiary/aromatic N) is 1. The van der Waals surface area contributed by atoms with Crippen molar-refractivity contribution >= 4 is 17.6 Å². The lowest BCUT2D eigenvalue weighted by Crippen LogP contribution is -2.35. The summed E-state index contributed by atoms with van der Waals surface area (Å²) in [5, 5.41) is 2.47. The Morgan fingerprint density at radius 2 is 1.79 bits per heavy atom. The van der Waals surface area contributed by atoms with E-state index in [-0.39, 0.29) is 5.91 Å². The quantitative estimate of drug-likeness (QED) is 0.875. The first-order chi connectivity index (χ1) is 9.08. The van der Waals surface area contributed by atoms with Crippen molar-refractivity contribution in [1.82, 2.24) is 4.90 Å². The zero-order valence-corrected chi connectivity index (χ0v) is 11.1. The summed E-state index contributed by atoms with van der Waals surface area (Å²) in [7, 11) is 1.86. The third-order valence-corrected chi connectivity index (χ3v) is 3.59. The molecular formula is C14H19N3O2. The molecule has 0 saturated heterocycles. The number of nitrogens with two attached hydrogens (primary N) is 1. The molecule has 5 heteroatoms. The van der Waals surface area contributed by atoms with E-state index in [0.717, 1.165) is 12.8 Å². The summed E-state index contributed by atoms with van der Waals surface area (Å²) in [5.41, 5.74) is 6.25. The van der Waals surface area contributed by atoms with Crippen LogP contribution in [0, 0.1) is 0 Å². The molecule has 0 bridgehead atoms. The minimum Gasteiger partial charge on any atom is -0.351 e. The molecule has 0 heterocycles. The Hall–Kier alpha value is -2.04. The maximum atomic E-state index is 12.3. The number of primary amides is 1. The van der Waals surface area contributed by atoms with Crippen LogP contribution in [-0.2, 0) is 0 Å². The summed E-state index contributed by atoms with van der Waals surface area (Å²) in [5.74, 6) is 0.0255. The van der Waals surface area contributed by atoms with Crippen LogP contribution in [0.25, 0.3) is 0 Å². The number of urea groups is 1. The first-order valence-corrected chi connectivity index (χ1v) is 6.51. The van der Waals surface area contributed by atoms with E-state index in [4.69, 9.17) is 5.73 Å². The first kappa shape index (κ1) is 13.4. The molecule has 1 aliphatic carbocycles. The average Bonchev–Trinajstić information content (AvgIpc) is 2.91. The van der Waals surface area contributed by atoms with Gasteiger partial charge in [-0.05, 0) is 37.1 Å². The maximum absolute atomic E-state index is 12.3. The molecule has 1 aliphatic rings. The van der Waals surface area contributed by atoms with Gasteiger partial charge in [-0.2, -0.15) is 0 Å². The Morgan fingerprint density at radius 3 is 2.32 bits per heavy atom. The van der Waals surface area contributed by atoms with Crippen molar-refractivity contribution in [3.8, 4) is 0 Å². The number of rotatable bonds is 3. The second kappa shape index (κ2) is 5.73. The van der Waals surface area contributed by atoms with Gasteiger partial charge in [0.05, 0.1) is 0 Å². The van der Waals surface area contributed by atoms with Crippen LogP contribution in [-0.4, -0.2) is 29.9 Å². The van der Waals surface area contributed by atoms with Crippen molar-refractivity contribution in [2.45, 2.75) is 31.7 Å². The predicted molar refractivity (Wildman–Crippen MR) is 74.0 cm³/mol. The number of nitrogens with one attached hydrogen (secondary N) is 1. The summed E-state index contributed by atoms with van der Waals surface area (Å²) < 4.78 is 0. The van der Waals surface area contributed by atoms with Crippen molar-refractivity contribution in [3.63, 3.8) is 0 Å². The van der Waals surface area contributed by atoms with E-state index in [1.165, 1.54) is 12.8 Å². The molecule has 1 fully saturated rings. The van der Waals surface area contributed by atoms with E-state index in [1.54, 1.807) is 24.3 Å². The molecule has 5 nitrogen and oxygen atoms in total. The Kier molecular flexibility index (Phi) is 4.04. The summed E-state index contributed by atoms with van der Waals surface area (Å²) >= 11 is 0. The van der Waals surface area contributed by atoms with Crippen molar-refractivity contribution < 1.29 is 9.59 Å². The summed E-state index contributed by atoms with van der Waals surface area (Å²) in [6.07, 6.45) is 4.57. The third kappa shape index (κ3) is 3.24. The zero-order chi connectivity index (χ0) is 13.8. The fraction of sp³-hybridized carbons (Fsp3) is 0.429. The molecule has 1 saturated carbocycles. The molecule has 0 spiro atoms. The lowest BCUT2D eigenvalue weighted by Gasteiger charge is -2.24. The van der Waals surface area contributed by atoms with Gasteiger partial charge in [0.25, 0.3) is 5.91 Å². The second-order valence-corrected chi connectivity index (χ2v) is 4.92. The third-order valence-electron chi connectivity index (χ3n) is 3.59. The minimum absolute atomic E-state index is 0.0255. The SMILES string of the molecule is CN(C(=O)c1ccc(NC(N)=O)cc1)C1CCCC1. The van der Waals surface area contributed by atoms with Crippen LogP contribution in [0.1, 0.15) is 36.0 Å². The van der Waals surface area contributed by atoms with E-state index in [1.807, 2.05) is 11.9 Å². The van der Waals surface area contributed by atoms with Gasteiger partial charge < -0.3 is 16.0 Å². The molecule has 2 rings (SSSR count). The molecular weight excluding hydrogens is 242 g/mol. The summed E-state index contributed by atoms with van der Waals surface area (Å²) in [6, 6.07) is 6.53. The predicted octanol–water partition coefficient (Wildman–Crippen LogP) is 2.19. The van der Waals surface area contributed by atoms with Gasteiger partial charge in [0.1, 0.15) is 0 Å². The Bertz CT molecular complexity index is 464. The van der Waals surface area contributed by atoms with Crippen LogP contribution in [0.15, 0.2) is 24.3 Å². The Balaban J connectivity index is 2.04. The summed E-state index contributed by atoms with van der Waals surface area (Å²) in [6.45, 7) is 0. The van der Waals surface area contributed by atoms with E-state index in [9.17, 15) is 9.59 Å². The number of hydrogen-bond acceptors (Lipinski definition) is 2. The lowest BCUT2D eigenvalue weighted by molar-refractivity contribution is 0.0735. The van der Waals surface area contributed by atoms with Gasteiger partial charge in [0.15, 0.2) is 0 Å². The number of hydrogen-bond donors (Lipinski definition) is 2. The molecule has 0 radical (unpaired) electrons. The molecule has 0 unspecified atom stereocenters. The molecule has 0 atom stereocenters. The molecule has 102 valence electrons. The fourth-order valence-electron chi connectivity index (χ4n) is 2.50. The summed E-state index contributed by atoms with van der Waals surface area (Å²) in [4.78, 5) is 24.8. The number of anilines is 1. The molecule has 0 aliphatic heterocycles. The van der Waals surface area contributed by atoms with Gasteiger partial charge in [0.2, 0.25) is 0 Å². The molecule has 3 amide bonds. The van der Waals surface area contributed by atoms with Crippen molar-refractivity contribution in [2.24, 2.45) is 5.73 Å². The number of amides is 3. The zero-order valence-electron chi connectivity index (χ0n) is 11.1. The highest BCUT2D eigenvalue weighted by Gasteiger charge is 2.23. The van der Waals surface area contributed by atoms with Gasteiger partial charge in [0, 0.05) is 24.3 Å². The highest BCUT2D eigenvalue weighted by molar-refractivity contribution is 5.95. The van der Waals surface area contributed by atoms with Crippen LogP contribution in [0.5, 0.6) is 0 Å². The fourth-order valence-corrected chi connectivity index (χ4v) is 2.50. The minimum atomic E-state index is -0.609. The van der Waals surface area contributed by atoms with Crippen LogP contribution in [0.3, 0.4) is 0 Å². The smallest absolute Gasteiger partial charge is 0.316 e. The maximum Gasteiger partial charge on any atom is 0.316 e. The van der Waals surface area contributed by atoms with Crippen LogP contribution >= 0.6 is 0 Å². The van der Waals surface area contributed by atoms with Crippen molar-refractivity contribution in [2.75, 3.05) is 12.4 Å². The van der Waals surface area contributed by atoms with Gasteiger partial charge in [-0.15, -0.1) is 0 Å². The Morgan fingerprint density at radius 1 is 1.21 bits per heavy atom. The number of benzene rings is 1. The molecule has 3 N–H and O–H groups in total. The highest BCUT2D eigenvalue weighted by atomic mass is 16.2. The number of carbonyl (C=O) groups excluding carboxylic acids is 2. The van der Waals surface area contributed by atoms with Gasteiger partial charge >= 0.3 is 6.03 Å². The molecule has 0 aromatic heterocycles. The topological polar surface area (TPSA) is 75.4 Å². The van der Waals surface area contributed by atoms with Crippen LogP contribution in [0.4, 0.5) is 10.5 Å². The number of carbonyl (C=O) groups is 2. The van der Waals surface area contributed by atoms with E-state index >= 15 is 0 Å². The van der Waals surface area contributed by atoms with Crippen molar-refractivity contribution in [3.05, 3.63) is 29.8 Å². The van der Waals surface area contributed by atoms with Gasteiger partial charge in [-0.3, -0.25) is 4.79 Å². The molecule has 19 heavy (non-hydrogen) atoms. The average molecular weight is 261 g/mol. The van der Waals surface area contributed by atoms with E-state index in [0.29, 0.717) is 17.3 Å². The van der Waals surface area contributed by atoms with Gasteiger partial charge in [-0.25, -0.2) is 4.79 Å². The van der Waals surface area contributed by atoms with Crippen LogP contribution < -0.4 is 11.1 Å². The van der Waals surface area contributed by atoms with E-state index < -0.39 is 6.03 Å². The standard InChI is InChI=1S/C14H19N3O2/c1-17(12-4-2-3-5-12)13(18)10-6-8-11(9-7-10)16-14(15)19/h6-9,12H,2-5H2,1H3,(H3,15,16,19). The largest absolute Gasteiger partial charge is 0.351 e. The highest BCUT2D eigenvalue weighted by Crippen LogP contribution is 2.23. The normalized spacial score (nSPS) is 15.2. The monoisotopic (exact) mass is 261 g/mol. The van der Waals surface area contributed by atoms with E-state index in [2.05, 4.69) is 5.32 Å². The van der Waals surface area contributed by atoms with Crippen molar-refractivity contribution in [1.29, 1.82) is 0 Å². The first-order valence-electron chi connectivity index (χ1n) is 6.51. The molecule has 1 aromatic carbocycles. The molecule has 1 aromatic rings. The Labute approximate surface area is 112 Å². The lowest BCUT2D eigenvalue weighted by atomic mass is 10.1. The second-order valence-electron chi connectivity index (χ2n) is 4.92. The van der Waals surface area contributed by atoms with Crippen LogP contribution in [0.2, 0.25) is 0 Å².